The summed E-state index contributed by atoms with van der Waals surface area (Å²) < 4.78 is 13.2. The Kier molecular flexibility index (Phi) is 5.40. The SMILES string of the molecule is Cc1ccc(S(=O)c2ccccc2[C@H](C)[C@@](C)(N)c2ccccc2)cc1. The molecule has 0 heterocycles. The molecular formula is C23H25NOS. The van der Waals surface area contributed by atoms with E-state index < -0.39 is 16.3 Å². The van der Waals surface area contributed by atoms with E-state index in [0.29, 0.717) is 0 Å². The average Bonchev–Trinajstić information content (AvgIpc) is 2.68. The van der Waals surface area contributed by atoms with Gasteiger partial charge in [-0.1, -0.05) is 73.2 Å². The molecule has 134 valence electrons. The summed E-state index contributed by atoms with van der Waals surface area (Å²) in [5.74, 6) is 0.00972. The number of benzene rings is 3. The summed E-state index contributed by atoms with van der Waals surface area (Å²) >= 11 is 0. The van der Waals surface area contributed by atoms with Gasteiger partial charge in [0, 0.05) is 21.2 Å². The molecule has 0 aliphatic rings. The van der Waals surface area contributed by atoms with Crippen molar-refractivity contribution in [2.75, 3.05) is 0 Å². The normalized spacial score (nSPS) is 15.8. The van der Waals surface area contributed by atoms with Gasteiger partial charge in [-0.05, 0) is 43.2 Å². The highest BCUT2D eigenvalue weighted by molar-refractivity contribution is 7.85. The van der Waals surface area contributed by atoms with E-state index in [-0.39, 0.29) is 5.92 Å². The van der Waals surface area contributed by atoms with Gasteiger partial charge in [0.1, 0.15) is 0 Å². The third kappa shape index (κ3) is 3.64. The predicted molar refractivity (Wildman–Crippen MR) is 109 cm³/mol. The number of aryl methyl sites for hydroxylation is 1. The molecule has 3 rings (SSSR count). The molecule has 0 bridgehead atoms. The maximum Gasteiger partial charge on any atom is 0.0852 e. The minimum atomic E-state index is -1.23. The second-order valence-electron chi connectivity index (χ2n) is 6.99. The third-order valence-electron chi connectivity index (χ3n) is 5.12. The van der Waals surface area contributed by atoms with Crippen LogP contribution in [-0.2, 0) is 16.3 Å². The van der Waals surface area contributed by atoms with Crippen molar-refractivity contribution in [1.29, 1.82) is 0 Å². The third-order valence-corrected chi connectivity index (χ3v) is 6.59. The van der Waals surface area contributed by atoms with Crippen molar-refractivity contribution < 1.29 is 4.21 Å². The van der Waals surface area contributed by atoms with E-state index >= 15 is 0 Å². The van der Waals surface area contributed by atoms with Crippen LogP contribution in [0, 0.1) is 6.92 Å². The van der Waals surface area contributed by atoms with Crippen LogP contribution in [0.4, 0.5) is 0 Å². The number of nitrogens with two attached hydrogens (primary N) is 1. The maximum atomic E-state index is 13.2. The molecule has 3 aromatic carbocycles. The lowest BCUT2D eigenvalue weighted by Crippen LogP contribution is -2.38. The summed E-state index contributed by atoms with van der Waals surface area (Å²) in [4.78, 5) is 1.64. The van der Waals surface area contributed by atoms with Gasteiger partial charge in [-0.15, -0.1) is 0 Å². The van der Waals surface area contributed by atoms with Gasteiger partial charge in [-0.2, -0.15) is 0 Å². The lowest BCUT2D eigenvalue weighted by molar-refractivity contribution is 0.407. The highest BCUT2D eigenvalue weighted by Crippen LogP contribution is 2.37. The molecule has 0 radical (unpaired) electrons. The van der Waals surface area contributed by atoms with Crippen LogP contribution in [0.15, 0.2) is 88.7 Å². The van der Waals surface area contributed by atoms with Gasteiger partial charge in [0.25, 0.3) is 0 Å². The zero-order chi connectivity index (χ0) is 18.7. The Labute approximate surface area is 158 Å². The molecule has 2 nitrogen and oxygen atoms in total. The van der Waals surface area contributed by atoms with Gasteiger partial charge in [-0.25, -0.2) is 4.21 Å². The Hall–Kier alpha value is -2.23. The van der Waals surface area contributed by atoms with Crippen molar-refractivity contribution in [2.24, 2.45) is 5.73 Å². The van der Waals surface area contributed by atoms with Crippen LogP contribution in [0.3, 0.4) is 0 Å². The average molecular weight is 364 g/mol. The molecule has 3 atom stereocenters. The Morgan fingerprint density at radius 2 is 1.46 bits per heavy atom. The summed E-state index contributed by atoms with van der Waals surface area (Å²) in [5.41, 5.74) is 9.44. The molecular weight excluding hydrogens is 338 g/mol. The lowest BCUT2D eigenvalue weighted by Gasteiger charge is -2.33. The Morgan fingerprint density at radius 1 is 0.885 bits per heavy atom. The van der Waals surface area contributed by atoms with Crippen LogP contribution in [-0.4, -0.2) is 4.21 Å². The van der Waals surface area contributed by atoms with Gasteiger partial charge in [-0.3, -0.25) is 0 Å². The zero-order valence-electron chi connectivity index (χ0n) is 15.5. The van der Waals surface area contributed by atoms with E-state index in [0.717, 1.165) is 26.5 Å². The molecule has 0 aliphatic carbocycles. The Bertz CT molecular complexity index is 901. The fourth-order valence-electron chi connectivity index (χ4n) is 3.17. The molecule has 0 aliphatic heterocycles. The molecule has 0 amide bonds. The van der Waals surface area contributed by atoms with E-state index in [1.807, 2.05) is 80.6 Å². The molecule has 0 saturated carbocycles. The molecule has 3 aromatic rings. The van der Waals surface area contributed by atoms with E-state index in [9.17, 15) is 4.21 Å². The van der Waals surface area contributed by atoms with Crippen LogP contribution in [0.1, 0.15) is 36.5 Å². The first-order valence-electron chi connectivity index (χ1n) is 8.83. The largest absolute Gasteiger partial charge is 0.321 e. The number of hydrogen-bond acceptors (Lipinski definition) is 2. The van der Waals surface area contributed by atoms with Crippen molar-refractivity contribution in [3.8, 4) is 0 Å². The van der Waals surface area contributed by atoms with Crippen LogP contribution in [0.25, 0.3) is 0 Å². The van der Waals surface area contributed by atoms with Crippen LogP contribution in [0.5, 0.6) is 0 Å². The zero-order valence-corrected chi connectivity index (χ0v) is 16.3. The van der Waals surface area contributed by atoms with Gasteiger partial charge in [0.2, 0.25) is 0 Å². The van der Waals surface area contributed by atoms with E-state index in [2.05, 4.69) is 19.1 Å². The van der Waals surface area contributed by atoms with Crippen molar-refractivity contribution in [3.63, 3.8) is 0 Å². The Morgan fingerprint density at radius 3 is 2.12 bits per heavy atom. The van der Waals surface area contributed by atoms with Crippen molar-refractivity contribution in [2.45, 2.75) is 42.0 Å². The monoisotopic (exact) mass is 363 g/mol. The summed E-state index contributed by atoms with van der Waals surface area (Å²) in [7, 11) is -1.23. The van der Waals surface area contributed by atoms with Gasteiger partial charge in [0.15, 0.2) is 0 Å². The fourth-order valence-corrected chi connectivity index (χ4v) is 4.46. The minimum absolute atomic E-state index is 0.00972. The summed E-state index contributed by atoms with van der Waals surface area (Å²) in [6.45, 7) is 6.18. The Balaban J connectivity index is 2.01. The first kappa shape index (κ1) is 18.6. The first-order chi connectivity index (χ1) is 12.4. The first-order valence-corrected chi connectivity index (χ1v) is 9.98. The van der Waals surface area contributed by atoms with E-state index in [1.54, 1.807) is 0 Å². The summed E-state index contributed by atoms with van der Waals surface area (Å²) in [6.07, 6.45) is 0. The molecule has 0 saturated heterocycles. The quantitative estimate of drug-likeness (QED) is 0.682. The molecule has 0 spiro atoms. The molecule has 0 fully saturated rings. The van der Waals surface area contributed by atoms with Crippen LogP contribution >= 0.6 is 0 Å². The minimum Gasteiger partial charge on any atom is -0.321 e. The van der Waals surface area contributed by atoms with Gasteiger partial charge < -0.3 is 5.73 Å². The highest BCUT2D eigenvalue weighted by atomic mass is 32.2. The molecule has 0 aromatic heterocycles. The van der Waals surface area contributed by atoms with Gasteiger partial charge in [0.05, 0.1) is 10.8 Å². The van der Waals surface area contributed by atoms with E-state index in [1.165, 1.54) is 0 Å². The summed E-state index contributed by atoms with van der Waals surface area (Å²) in [5, 5.41) is 0. The second kappa shape index (κ2) is 7.56. The molecule has 1 unspecified atom stereocenters. The van der Waals surface area contributed by atoms with Crippen molar-refractivity contribution in [3.05, 3.63) is 95.6 Å². The predicted octanol–water partition coefficient (Wildman–Crippen LogP) is 5.14. The smallest absolute Gasteiger partial charge is 0.0852 e. The maximum absolute atomic E-state index is 13.2. The standard InChI is InChI=1S/C23H25NOS/c1-17-13-15-20(16-14-17)26(25)22-12-8-7-11-21(22)18(2)23(3,24)19-9-5-4-6-10-19/h4-16,18H,24H2,1-3H3/t18-,23+,26?/m0/s1. The fraction of sp³-hybridized carbons (Fsp3) is 0.217. The van der Waals surface area contributed by atoms with Crippen LogP contribution < -0.4 is 5.73 Å². The topological polar surface area (TPSA) is 43.1 Å². The lowest BCUT2D eigenvalue weighted by atomic mass is 9.78. The van der Waals surface area contributed by atoms with Crippen molar-refractivity contribution >= 4 is 10.8 Å². The highest BCUT2D eigenvalue weighted by Gasteiger charge is 2.31. The van der Waals surface area contributed by atoms with Crippen molar-refractivity contribution in [1.82, 2.24) is 0 Å². The second-order valence-corrected chi connectivity index (χ2v) is 8.44. The number of rotatable bonds is 5. The molecule has 2 N–H and O–H groups in total. The molecule has 3 heteroatoms. The van der Waals surface area contributed by atoms with Gasteiger partial charge >= 0.3 is 0 Å². The molecule has 26 heavy (non-hydrogen) atoms. The summed E-state index contributed by atoms with van der Waals surface area (Å²) in [6, 6.07) is 25.9. The van der Waals surface area contributed by atoms with E-state index in [4.69, 9.17) is 5.73 Å². The van der Waals surface area contributed by atoms with Crippen LogP contribution in [0.2, 0.25) is 0 Å². The number of hydrogen-bond donors (Lipinski definition) is 1.